The average Bonchev–Trinajstić information content (AvgIpc) is 2.34. The number of rotatable bonds is 8. The molecule has 0 aliphatic carbocycles. The van der Waals surface area contributed by atoms with Gasteiger partial charge >= 0.3 is 5.97 Å². The normalized spacial score (nSPS) is 12.1. The molecule has 0 radical (unpaired) electrons. The Balaban J connectivity index is 2.00. The summed E-state index contributed by atoms with van der Waals surface area (Å²) in [5.41, 5.74) is 0. The molecule has 0 aliphatic heterocycles. The molecular weight excluding hydrogens is 236 g/mol. The maximum Gasteiger partial charge on any atom is 0.316 e. The summed E-state index contributed by atoms with van der Waals surface area (Å²) in [7, 11) is 0. The average molecular weight is 254 g/mol. The van der Waals surface area contributed by atoms with Gasteiger partial charge in [0.05, 0.1) is 11.9 Å². The lowest BCUT2D eigenvalue weighted by Gasteiger charge is -2.07. The Labute approximate surface area is 106 Å². The Morgan fingerprint density at radius 2 is 2.06 bits per heavy atom. The van der Waals surface area contributed by atoms with Crippen molar-refractivity contribution >= 4 is 17.7 Å². The van der Waals surface area contributed by atoms with E-state index in [1.165, 1.54) is 11.8 Å². The zero-order valence-corrected chi connectivity index (χ0v) is 10.8. The van der Waals surface area contributed by atoms with Gasteiger partial charge in [-0.05, 0) is 37.7 Å². The Kier molecular flexibility index (Phi) is 6.55. The van der Waals surface area contributed by atoms with Crippen LogP contribution in [0.3, 0.4) is 0 Å². The van der Waals surface area contributed by atoms with E-state index in [9.17, 15) is 4.79 Å². The first kappa shape index (κ1) is 13.9. The van der Waals surface area contributed by atoms with Crippen LogP contribution in [0.5, 0.6) is 5.75 Å². The van der Waals surface area contributed by atoms with Crippen LogP contribution in [0.1, 0.15) is 19.8 Å². The smallest absolute Gasteiger partial charge is 0.316 e. The van der Waals surface area contributed by atoms with E-state index in [1.54, 1.807) is 6.92 Å². The molecule has 0 aromatic heterocycles. The number of carboxylic acid groups (broad SMARTS) is 1. The molecule has 0 saturated heterocycles. The minimum Gasteiger partial charge on any atom is -0.494 e. The van der Waals surface area contributed by atoms with E-state index in [-0.39, 0.29) is 5.25 Å². The predicted molar refractivity (Wildman–Crippen MR) is 70.7 cm³/mol. The number of benzene rings is 1. The fraction of sp³-hybridized carbons (Fsp3) is 0.462. The molecule has 17 heavy (non-hydrogen) atoms. The second-order valence-electron chi connectivity index (χ2n) is 3.72. The van der Waals surface area contributed by atoms with E-state index in [1.807, 2.05) is 30.3 Å². The number of ether oxygens (including phenoxy) is 1. The number of para-hydroxylation sites is 1. The van der Waals surface area contributed by atoms with Gasteiger partial charge in [0.15, 0.2) is 0 Å². The van der Waals surface area contributed by atoms with E-state index in [0.717, 1.165) is 24.3 Å². The Bertz CT molecular complexity index is 327. The van der Waals surface area contributed by atoms with Gasteiger partial charge in [-0.1, -0.05) is 18.2 Å². The summed E-state index contributed by atoms with van der Waals surface area (Å²) in [6, 6.07) is 9.71. The van der Waals surface area contributed by atoms with Gasteiger partial charge in [0, 0.05) is 0 Å². The van der Waals surface area contributed by atoms with Gasteiger partial charge in [-0.2, -0.15) is 0 Å². The third kappa shape index (κ3) is 6.22. The fourth-order valence-electron chi connectivity index (χ4n) is 1.24. The first-order valence-corrected chi connectivity index (χ1v) is 6.77. The molecule has 1 aromatic carbocycles. The van der Waals surface area contributed by atoms with Gasteiger partial charge in [0.2, 0.25) is 0 Å². The van der Waals surface area contributed by atoms with E-state index >= 15 is 0 Å². The molecule has 1 N–H and O–H groups in total. The molecule has 1 rings (SSSR count). The van der Waals surface area contributed by atoms with Crippen LogP contribution < -0.4 is 4.74 Å². The molecule has 0 aliphatic rings. The van der Waals surface area contributed by atoms with E-state index < -0.39 is 5.97 Å². The van der Waals surface area contributed by atoms with Gasteiger partial charge in [0.1, 0.15) is 5.75 Å². The Hall–Kier alpha value is -1.16. The number of unbranched alkanes of at least 4 members (excludes halogenated alkanes) is 1. The Morgan fingerprint density at radius 3 is 2.71 bits per heavy atom. The second kappa shape index (κ2) is 8.01. The molecule has 0 saturated carbocycles. The highest BCUT2D eigenvalue weighted by Gasteiger charge is 2.09. The molecule has 0 bridgehead atoms. The third-order valence-electron chi connectivity index (χ3n) is 2.27. The van der Waals surface area contributed by atoms with Crippen LogP contribution in [-0.4, -0.2) is 28.7 Å². The van der Waals surface area contributed by atoms with Gasteiger partial charge in [-0.25, -0.2) is 0 Å². The van der Waals surface area contributed by atoms with Crippen molar-refractivity contribution in [2.75, 3.05) is 12.4 Å². The molecule has 4 heteroatoms. The number of carboxylic acids is 1. The fourth-order valence-corrected chi connectivity index (χ4v) is 2.11. The minimum absolute atomic E-state index is 0.315. The predicted octanol–water partition coefficient (Wildman–Crippen LogP) is 3.05. The lowest BCUT2D eigenvalue weighted by molar-refractivity contribution is -0.136. The first-order valence-electron chi connectivity index (χ1n) is 5.72. The number of thioether (sulfide) groups is 1. The lowest BCUT2D eigenvalue weighted by Crippen LogP contribution is -2.12. The van der Waals surface area contributed by atoms with Crippen LogP contribution in [0.25, 0.3) is 0 Å². The van der Waals surface area contributed by atoms with Crippen LogP contribution in [-0.2, 0) is 4.79 Å². The largest absolute Gasteiger partial charge is 0.494 e. The molecule has 1 unspecified atom stereocenters. The number of aliphatic carboxylic acids is 1. The van der Waals surface area contributed by atoms with Crippen LogP contribution in [0, 0.1) is 0 Å². The summed E-state index contributed by atoms with van der Waals surface area (Å²) in [5, 5.41) is 8.37. The second-order valence-corrected chi connectivity index (χ2v) is 5.17. The maximum atomic E-state index is 10.6. The monoisotopic (exact) mass is 254 g/mol. The van der Waals surface area contributed by atoms with Gasteiger partial charge in [-0.15, -0.1) is 11.8 Å². The number of carbonyl (C=O) groups is 1. The topological polar surface area (TPSA) is 46.5 Å². The van der Waals surface area contributed by atoms with Gasteiger partial charge in [0.25, 0.3) is 0 Å². The third-order valence-corrected chi connectivity index (χ3v) is 3.49. The molecule has 3 nitrogen and oxygen atoms in total. The first-order chi connectivity index (χ1) is 8.20. The zero-order valence-electron chi connectivity index (χ0n) is 9.96. The van der Waals surface area contributed by atoms with Crippen LogP contribution in [0.4, 0.5) is 0 Å². The summed E-state index contributed by atoms with van der Waals surface area (Å²) in [6.07, 6.45) is 1.93. The number of hydrogen-bond donors (Lipinski definition) is 1. The molecule has 0 heterocycles. The van der Waals surface area contributed by atoms with Crippen molar-refractivity contribution in [3.63, 3.8) is 0 Å². The molecule has 0 amide bonds. The SMILES string of the molecule is CC(SCCCCOc1ccccc1)C(=O)O. The molecule has 94 valence electrons. The molecular formula is C13H18O3S. The van der Waals surface area contributed by atoms with Crippen molar-refractivity contribution in [1.82, 2.24) is 0 Å². The van der Waals surface area contributed by atoms with Crippen molar-refractivity contribution in [2.24, 2.45) is 0 Å². The molecule has 0 fully saturated rings. The van der Waals surface area contributed by atoms with E-state index in [2.05, 4.69) is 0 Å². The maximum absolute atomic E-state index is 10.6. The van der Waals surface area contributed by atoms with Crippen LogP contribution in [0.2, 0.25) is 0 Å². The zero-order chi connectivity index (χ0) is 12.5. The summed E-state index contributed by atoms with van der Waals surface area (Å²) < 4.78 is 5.53. The molecule has 1 aromatic rings. The minimum atomic E-state index is -0.740. The van der Waals surface area contributed by atoms with Gasteiger partial charge < -0.3 is 9.84 Å². The quantitative estimate of drug-likeness (QED) is 0.724. The molecule has 0 spiro atoms. The summed E-state index contributed by atoms with van der Waals surface area (Å²) in [6.45, 7) is 2.40. The highest BCUT2D eigenvalue weighted by Crippen LogP contribution is 2.13. The van der Waals surface area contributed by atoms with Crippen molar-refractivity contribution in [3.8, 4) is 5.75 Å². The van der Waals surface area contributed by atoms with Crippen LogP contribution >= 0.6 is 11.8 Å². The van der Waals surface area contributed by atoms with Crippen LogP contribution in [0.15, 0.2) is 30.3 Å². The summed E-state index contributed by atoms with van der Waals surface area (Å²) in [5.74, 6) is 1.01. The van der Waals surface area contributed by atoms with E-state index in [4.69, 9.17) is 9.84 Å². The Morgan fingerprint density at radius 1 is 1.35 bits per heavy atom. The summed E-state index contributed by atoms with van der Waals surface area (Å²) in [4.78, 5) is 10.6. The van der Waals surface area contributed by atoms with Crippen molar-refractivity contribution in [1.29, 1.82) is 0 Å². The number of hydrogen-bond acceptors (Lipinski definition) is 3. The summed E-state index contributed by atoms with van der Waals surface area (Å²) >= 11 is 1.48. The standard InChI is InChI=1S/C13H18O3S/c1-11(13(14)15)17-10-6-5-9-16-12-7-3-2-4-8-12/h2-4,7-8,11H,5-6,9-10H2,1H3,(H,14,15). The lowest BCUT2D eigenvalue weighted by atomic mass is 10.3. The van der Waals surface area contributed by atoms with Crippen molar-refractivity contribution in [2.45, 2.75) is 25.0 Å². The van der Waals surface area contributed by atoms with Crippen molar-refractivity contribution in [3.05, 3.63) is 30.3 Å². The van der Waals surface area contributed by atoms with Crippen molar-refractivity contribution < 1.29 is 14.6 Å². The highest BCUT2D eigenvalue weighted by atomic mass is 32.2. The highest BCUT2D eigenvalue weighted by molar-refractivity contribution is 8.00. The molecule has 1 atom stereocenters. The van der Waals surface area contributed by atoms with E-state index in [0.29, 0.717) is 6.61 Å². The van der Waals surface area contributed by atoms with Gasteiger partial charge in [-0.3, -0.25) is 4.79 Å².